The number of thioether (sulfide) groups is 1. The smallest absolute Gasteiger partial charge is 0.166 e. The molecule has 0 saturated heterocycles. The third-order valence-electron chi connectivity index (χ3n) is 2.47. The van der Waals surface area contributed by atoms with Gasteiger partial charge in [0.15, 0.2) is 5.16 Å². The van der Waals surface area contributed by atoms with Crippen LogP contribution in [0.3, 0.4) is 0 Å². The summed E-state index contributed by atoms with van der Waals surface area (Å²) in [7, 11) is 0. The summed E-state index contributed by atoms with van der Waals surface area (Å²) < 4.78 is 1.11. The fourth-order valence-corrected chi connectivity index (χ4v) is 4.36. The van der Waals surface area contributed by atoms with Gasteiger partial charge in [0.1, 0.15) is 0 Å². The quantitative estimate of drug-likeness (QED) is 0.720. The molecule has 2 aromatic heterocycles. The van der Waals surface area contributed by atoms with Crippen LogP contribution < -0.4 is 0 Å². The number of aromatic amines is 1. The Morgan fingerprint density at radius 1 is 1.33 bits per heavy atom. The van der Waals surface area contributed by atoms with E-state index in [2.05, 4.69) is 30.9 Å². The van der Waals surface area contributed by atoms with Crippen molar-refractivity contribution in [3.05, 3.63) is 38.8 Å². The molecule has 1 N–H and O–H groups in total. The van der Waals surface area contributed by atoms with Crippen LogP contribution in [0.5, 0.6) is 0 Å². The standard InChI is InChI=1S/C12H10BrN3S2/c1-7-14-10(11(13)18-7)6-17-12-15-8-4-2-3-5-9(8)16-12/h2-5H,6H2,1H3,(H,15,16). The number of fused-ring (bicyclic) bond motifs is 1. The maximum Gasteiger partial charge on any atom is 0.166 e. The lowest BCUT2D eigenvalue weighted by Gasteiger charge is -1.94. The number of imidazole rings is 1. The number of thiazole rings is 1. The van der Waals surface area contributed by atoms with Crippen LogP contribution in [-0.4, -0.2) is 15.0 Å². The van der Waals surface area contributed by atoms with Crippen molar-refractivity contribution < 1.29 is 0 Å². The molecule has 0 aliphatic heterocycles. The number of halogens is 1. The first-order valence-electron chi connectivity index (χ1n) is 5.42. The van der Waals surface area contributed by atoms with Crippen LogP contribution in [0.15, 0.2) is 33.2 Å². The molecular formula is C12H10BrN3S2. The minimum absolute atomic E-state index is 0.824. The fourth-order valence-electron chi connectivity index (χ4n) is 1.67. The van der Waals surface area contributed by atoms with Crippen molar-refractivity contribution in [3.8, 4) is 0 Å². The highest BCUT2D eigenvalue weighted by Crippen LogP contribution is 2.30. The number of nitrogens with one attached hydrogen (secondary N) is 1. The van der Waals surface area contributed by atoms with Gasteiger partial charge >= 0.3 is 0 Å². The lowest BCUT2D eigenvalue weighted by atomic mass is 10.3. The molecule has 1 aromatic carbocycles. The molecule has 2 heterocycles. The summed E-state index contributed by atoms with van der Waals surface area (Å²) in [5.74, 6) is 0.824. The van der Waals surface area contributed by atoms with E-state index in [1.165, 1.54) is 0 Å². The van der Waals surface area contributed by atoms with Gasteiger partial charge in [-0.1, -0.05) is 23.9 Å². The molecule has 0 saturated carbocycles. The minimum Gasteiger partial charge on any atom is -0.333 e. The second-order valence-electron chi connectivity index (χ2n) is 3.80. The number of aryl methyl sites for hydroxylation is 1. The number of para-hydroxylation sites is 2. The second kappa shape index (κ2) is 5.03. The molecular weight excluding hydrogens is 330 g/mol. The number of rotatable bonds is 3. The molecule has 0 spiro atoms. The monoisotopic (exact) mass is 339 g/mol. The van der Waals surface area contributed by atoms with Crippen LogP contribution in [0.25, 0.3) is 11.0 Å². The van der Waals surface area contributed by atoms with Crippen LogP contribution in [-0.2, 0) is 5.75 Å². The number of hydrogen-bond donors (Lipinski definition) is 1. The van der Waals surface area contributed by atoms with Crippen LogP contribution in [0, 0.1) is 6.92 Å². The topological polar surface area (TPSA) is 41.6 Å². The Balaban J connectivity index is 1.78. The highest BCUT2D eigenvalue weighted by molar-refractivity contribution is 9.11. The van der Waals surface area contributed by atoms with Crippen molar-refractivity contribution >= 4 is 50.1 Å². The van der Waals surface area contributed by atoms with Crippen LogP contribution >= 0.6 is 39.0 Å². The molecule has 0 unspecified atom stereocenters. The molecule has 0 radical (unpaired) electrons. The number of aromatic nitrogens is 3. The predicted molar refractivity (Wildman–Crippen MR) is 80.2 cm³/mol. The summed E-state index contributed by atoms with van der Waals surface area (Å²) in [5, 5.41) is 2.02. The molecule has 0 aliphatic rings. The second-order valence-corrected chi connectivity index (χ2v) is 7.29. The van der Waals surface area contributed by atoms with E-state index in [4.69, 9.17) is 0 Å². The third-order valence-corrected chi connectivity index (χ3v) is 5.10. The van der Waals surface area contributed by atoms with E-state index in [0.29, 0.717) is 0 Å². The van der Waals surface area contributed by atoms with Gasteiger partial charge in [-0.05, 0) is 35.0 Å². The average molecular weight is 340 g/mol. The van der Waals surface area contributed by atoms with Crippen LogP contribution in [0.4, 0.5) is 0 Å². The molecule has 0 amide bonds. The first kappa shape index (κ1) is 12.2. The fraction of sp³-hybridized carbons (Fsp3) is 0.167. The number of nitrogens with zero attached hydrogens (tertiary/aromatic N) is 2. The molecule has 3 rings (SSSR count). The van der Waals surface area contributed by atoms with Gasteiger partial charge in [-0.2, -0.15) is 0 Å². The Kier molecular flexibility index (Phi) is 3.41. The summed E-state index contributed by atoms with van der Waals surface area (Å²) >= 11 is 6.88. The van der Waals surface area contributed by atoms with Gasteiger partial charge in [0.2, 0.25) is 0 Å². The van der Waals surface area contributed by atoms with Crippen molar-refractivity contribution in [2.24, 2.45) is 0 Å². The Hall–Kier alpha value is -0.850. The van der Waals surface area contributed by atoms with Crippen LogP contribution in [0.1, 0.15) is 10.7 Å². The van der Waals surface area contributed by atoms with Gasteiger partial charge in [-0.3, -0.25) is 0 Å². The van der Waals surface area contributed by atoms with E-state index in [-0.39, 0.29) is 0 Å². The Morgan fingerprint density at radius 2 is 2.17 bits per heavy atom. The lowest BCUT2D eigenvalue weighted by Crippen LogP contribution is -1.83. The average Bonchev–Trinajstić information content (AvgIpc) is 2.89. The number of benzene rings is 1. The Bertz CT molecular complexity index is 657. The zero-order chi connectivity index (χ0) is 12.5. The highest BCUT2D eigenvalue weighted by Gasteiger charge is 2.08. The molecule has 0 atom stereocenters. The van der Waals surface area contributed by atoms with Gasteiger partial charge in [0.05, 0.1) is 25.5 Å². The van der Waals surface area contributed by atoms with Crippen molar-refractivity contribution in [1.82, 2.24) is 15.0 Å². The zero-order valence-corrected chi connectivity index (χ0v) is 12.8. The first-order chi connectivity index (χ1) is 8.72. The molecule has 0 fully saturated rings. The van der Waals surface area contributed by atoms with E-state index >= 15 is 0 Å². The third kappa shape index (κ3) is 2.46. The van der Waals surface area contributed by atoms with Crippen molar-refractivity contribution in [1.29, 1.82) is 0 Å². The molecule has 92 valence electrons. The summed E-state index contributed by atoms with van der Waals surface area (Å²) in [6.45, 7) is 2.02. The predicted octanol–water partition coefficient (Wildman–Crippen LogP) is 4.38. The summed E-state index contributed by atoms with van der Waals surface area (Å²) in [5.41, 5.74) is 3.17. The first-order valence-corrected chi connectivity index (χ1v) is 8.01. The number of hydrogen-bond acceptors (Lipinski definition) is 4. The van der Waals surface area contributed by atoms with Crippen molar-refractivity contribution in [2.75, 3.05) is 0 Å². The lowest BCUT2D eigenvalue weighted by molar-refractivity contribution is 1.07. The van der Waals surface area contributed by atoms with E-state index in [9.17, 15) is 0 Å². The van der Waals surface area contributed by atoms with Gasteiger partial charge in [0, 0.05) is 5.75 Å². The van der Waals surface area contributed by atoms with Crippen molar-refractivity contribution in [2.45, 2.75) is 17.8 Å². The Morgan fingerprint density at radius 3 is 2.89 bits per heavy atom. The molecule has 18 heavy (non-hydrogen) atoms. The van der Waals surface area contributed by atoms with E-state index in [1.807, 2.05) is 31.2 Å². The van der Waals surface area contributed by atoms with Crippen LogP contribution in [0.2, 0.25) is 0 Å². The molecule has 0 bridgehead atoms. The largest absolute Gasteiger partial charge is 0.333 e. The zero-order valence-electron chi connectivity index (χ0n) is 9.61. The molecule has 0 aliphatic carbocycles. The van der Waals surface area contributed by atoms with Gasteiger partial charge < -0.3 is 4.98 Å². The molecule has 3 aromatic rings. The van der Waals surface area contributed by atoms with Gasteiger partial charge in [-0.25, -0.2) is 9.97 Å². The normalized spacial score (nSPS) is 11.2. The van der Waals surface area contributed by atoms with E-state index in [1.54, 1.807) is 23.1 Å². The summed E-state index contributed by atoms with van der Waals surface area (Å²) in [4.78, 5) is 12.3. The Labute approximate surface area is 121 Å². The van der Waals surface area contributed by atoms with Gasteiger partial charge in [0.25, 0.3) is 0 Å². The SMILES string of the molecule is Cc1nc(CSc2nc3ccccc3[nH]2)c(Br)s1. The molecule has 6 heteroatoms. The minimum atomic E-state index is 0.824. The summed E-state index contributed by atoms with van der Waals surface area (Å²) in [6.07, 6.45) is 0. The highest BCUT2D eigenvalue weighted by atomic mass is 79.9. The number of H-pyrrole nitrogens is 1. The maximum absolute atomic E-state index is 4.53. The van der Waals surface area contributed by atoms with Crippen molar-refractivity contribution in [3.63, 3.8) is 0 Å². The summed E-state index contributed by atoms with van der Waals surface area (Å²) in [6, 6.07) is 8.06. The molecule has 3 nitrogen and oxygen atoms in total. The van der Waals surface area contributed by atoms with Gasteiger partial charge in [-0.15, -0.1) is 11.3 Å². The van der Waals surface area contributed by atoms with E-state index < -0.39 is 0 Å². The maximum atomic E-state index is 4.53. The van der Waals surface area contributed by atoms with E-state index in [0.717, 1.165) is 36.4 Å².